The Labute approximate surface area is 78.9 Å². The summed E-state index contributed by atoms with van der Waals surface area (Å²) in [4.78, 5) is 0. The van der Waals surface area contributed by atoms with Gasteiger partial charge in [0.05, 0.1) is 5.02 Å². The quantitative estimate of drug-likeness (QED) is 0.491. The number of benzene rings is 1. The molecular formula is C7H4Cl3F. The summed E-state index contributed by atoms with van der Waals surface area (Å²) in [6.45, 7) is 0. The van der Waals surface area contributed by atoms with Crippen molar-refractivity contribution in [1.82, 2.24) is 0 Å². The van der Waals surface area contributed by atoms with Crippen molar-refractivity contribution in [1.29, 1.82) is 0 Å². The standard InChI is InChI=1S/C7H4Cl3F/c8-3-4-1-7(11)6(10)2-5(4)9/h1-2H,3H2. The number of rotatable bonds is 1. The van der Waals surface area contributed by atoms with Crippen molar-refractivity contribution in [2.75, 3.05) is 0 Å². The molecule has 0 aliphatic rings. The molecule has 0 aliphatic heterocycles. The lowest BCUT2D eigenvalue weighted by Gasteiger charge is -2.00. The first-order chi connectivity index (χ1) is 5.15. The fourth-order valence-electron chi connectivity index (χ4n) is 0.666. The first-order valence-electron chi connectivity index (χ1n) is 2.84. The van der Waals surface area contributed by atoms with Gasteiger partial charge in [0.15, 0.2) is 0 Å². The van der Waals surface area contributed by atoms with E-state index in [1.165, 1.54) is 12.1 Å². The number of halogens is 4. The van der Waals surface area contributed by atoms with Crippen LogP contribution >= 0.6 is 34.8 Å². The summed E-state index contributed by atoms with van der Waals surface area (Å²) in [7, 11) is 0. The molecule has 0 fully saturated rings. The first kappa shape index (κ1) is 9.11. The van der Waals surface area contributed by atoms with Gasteiger partial charge in [-0.2, -0.15) is 0 Å². The number of hydrogen-bond acceptors (Lipinski definition) is 0. The summed E-state index contributed by atoms with van der Waals surface area (Å²) in [5, 5.41) is 0.412. The highest BCUT2D eigenvalue weighted by Crippen LogP contribution is 2.25. The molecule has 0 saturated carbocycles. The van der Waals surface area contributed by atoms with Crippen LogP contribution in [0.25, 0.3) is 0 Å². The molecule has 0 nitrogen and oxygen atoms in total. The third-order valence-corrected chi connectivity index (χ3v) is 2.16. The molecule has 0 aromatic heterocycles. The third kappa shape index (κ3) is 1.98. The zero-order valence-corrected chi connectivity index (χ0v) is 7.64. The van der Waals surface area contributed by atoms with Gasteiger partial charge >= 0.3 is 0 Å². The second kappa shape index (κ2) is 3.61. The van der Waals surface area contributed by atoms with Crippen LogP contribution in [-0.2, 0) is 5.88 Å². The van der Waals surface area contributed by atoms with Crippen molar-refractivity contribution >= 4 is 34.8 Å². The minimum Gasteiger partial charge on any atom is -0.205 e. The van der Waals surface area contributed by atoms with E-state index in [1.807, 2.05) is 0 Å². The highest BCUT2D eigenvalue weighted by molar-refractivity contribution is 6.35. The number of hydrogen-bond donors (Lipinski definition) is 0. The van der Waals surface area contributed by atoms with Gasteiger partial charge in [-0.1, -0.05) is 23.2 Å². The van der Waals surface area contributed by atoms with E-state index in [0.717, 1.165) is 0 Å². The largest absolute Gasteiger partial charge is 0.205 e. The molecule has 1 aromatic carbocycles. The maximum absolute atomic E-state index is 12.7. The summed E-state index contributed by atoms with van der Waals surface area (Å²) in [5.41, 5.74) is 0.551. The Hall–Kier alpha value is 0.0200. The Kier molecular flexibility index (Phi) is 2.99. The minimum atomic E-state index is -0.494. The predicted octanol–water partition coefficient (Wildman–Crippen LogP) is 3.87. The van der Waals surface area contributed by atoms with Crippen LogP contribution in [0.2, 0.25) is 10.0 Å². The molecule has 0 heterocycles. The van der Waals surface area contributed by atoms with Crippen molar-refractivity contribution < 1.29 is 4.39 Å². The maximum atomic E-state index is 12.7. The van der Waals surface area contributed by atoms with E-state index in [9.17, 15) is 4.39 Å². The second-order valence-electron chi connectivity index (χ2n) is 1.99. The van der Waals surface area contributed by atoms with E-state index in [2.05, 4.69) is 0 Å². The molecule has 0 amide bonds. The molecule has 0 radical (unpaired) electrons. The van der Waals surface area contributed by atoms with Crippen LogP contribution < -0.4 is 0 Å². The van der Waals surface area contributed by atoms with Gasteiger partial charge in [0.1, 0.15) is 5.82 Å². The van der Waals surface area contributed by atoms with E-state index >= 15 is 0 Å². The van der Waals surface area contributed by atoms with E-state index in [-0.39, 0.29) is 10.9 Å². The SMILES string of the molecule is Fc1cc(CCl)c(Cl)cc1Cl. The monoisotopic (exact) mass is 212 g/mol. The van der Waals surface area contributed by atoms with Crippen molar-refractivity contribution in [2.45, 2.75) is 5.88 Å². The lowest BCUT2D eigenvalue weighted by atomic mass is 10.2. The Bertz CT molecular complexity index is 273. The molecular weight excluding hydrogens is 209 g/mol. The second-order valence-corrected chi connectivity index (χ2v) is 3.07. The molecule has 0 saturated heterocycles. The van der Waals surface area contributed by atoms with Gasteiger partial charge < -0.3 is 0 Å². The lowest BCUT2D eigenvalue weighted by Crippen LogP contribution is -1.84. The average Bonchev–Trinajstić information content (AvgIpc) is 1.97. The molecule has 11 heavy (non-hydrogen) atoms. The fraction of sp³-hybridized carbons (Fsp3) is 0.143. The predicted molar refractivity (Wildman–Crippen MR) is 46.0 cm³/mol. The Morgan fingerprint density at radius 3 is 2.36 bits per heavy atom. The van der Waals surface area contributed by atoms with E-state index < -0.39 is 5.82 Å². The van der Waals surface area contributed by atoms with Gasteiger partial charge in [0.25, 0.3) is 0 Å². The summed E-state index contributed by atoms with van der Waals surface area (Å²) in [6.07, 6.45) is 0. The van der Waals surface area contributed by atoms with Crippen LogP contribution in [0.1, 0.15) is 5.56 Å². The molecule has 0 atom stereocenters. The smallest absolute Gasteiger partial charge is 0.142 e. The van der Waals surface area contributed by atoms with Crippen LogP contribution in [0.4, 0.5) is 4.39 Å². The Morgan fingerprint density at radius 2 is 1.82 bits per heavy atom. The third-order valence-electron chi connectivity index (χ3n) is 1.23. The molecule has 0 unspecified atom stereocenters. The zero-order chi connectivity index (χ0) is 8.43. The van der Waals surface area contributed by atoms with Gasteiger partial charge in [0.2, 0.25) is 0 Å². The summed E-state index contributed by atoms with van der Waals surface area (Å²) in [6, 6.07) is 2.58. The van der Waals surface area contributed by atoms with Crippen LogP contribution in [0.15, 0.2) is 12.1 Å². The van der Waals surface area contributed by atoms with Crippen molar-refractivity contribution in [3.8, 4) is 0 Å². The van der Waals surface area contributed by atoms with Gasteiger partial charge in [-0.3, -0.25) is 0 Å². The van der Waals surface area contributed by atoms with Crippen LogP contribution in [0.3, 0.4) is 0 Å². The molecule has 1 rings (SSSR count). The van der Waals surface area contributed by atoms with Gasteiger partial charge in [-0.25, -0.2) is 4.39 Å². The van der Waals surface area contributed by atoms with Gasteiger partial charge in [-0.05, 0) is 17.7 Å². The van der Waals surface area contributed by atoms with Crippen molar-refractivity contribution in [2.24, 2.45) is 0 Å². The summed E-state index contributed by atoms with van der Waals surface area (Å²) in [5.74, 6) is -0.306. The maximum Gasteiger partial charge on any atom is 0.142 e. The lowest BCUT2D eigenvalue weighted by molar-refractivity contribution is 0.627. The summed E-state index contributed by atoms with van der Waals surface area (Å²) >= 11 is 16.6. The molecule has 0 aliphatic carbocycles. The van der Waals surface area contributed by atoms with Crippen LogP contribution in [0, 0.1) is 5.82 Å². The van der Waals surface area contributed by atoms with E-state index in [4.69, 9.17) is 34.8 Å². The highest BCUT2D eigenvalue weighted by Gasteiger charge is 2.05. The average molecular weight is 213 g/mol. The molecule has 0 spiro atoms. The van der Waals surface area contributed by atoms with Crippen LogP contribution in [-0.4, -0.2) is 0 Å². The van der Waals surface area contributed by atoms with Crippen molar-refractivity contribution in [3.05, 3.63) is 33.6 Å². The Morgan fingerprint density at radius 1 is 1.18 bits per heavy atom. The Balaban J connectivity index is 3.21. The fourth-order valence-corrected chi connectivity index (χ4v) is 1.41. The zero-order valence-electron chi connectivity index (χ0n) is 5.37. The molecule has 60 valence electrons. The topological polar surface area (TPSA) is 0 Å². The van der Waals surface area contributed by atoms with E-state index in [1.54, 1.807) is 0 Å². The van der Waals surface area contributed by atoms with Crippen LogP contribution in [0.5, 0.6) is 0 Å². The van der Waals surface area contributed by atoms with Gasteiger partial charge in [0, 0.05) is 10.9 Å². The highest BCUT2D eigenvalue weighted by atomic mass is 35.5. The molecule has 0 bridgehead atoms. The molecule has 1 aromatic rings. The molecule has 4 heteroatoms. The van der Waals surface area contributed by atoms with E-state index in [0.29, 0.717) is 10.6 Å². The van der Waals surface area contributed by atoms with Crippen molar-refractivity contribution in [3.63, 3.8) is 0 Å². The number of alkyl halides is 1. The minimum absolute atomic E-state index is 0.0175. The normalized spacial score (nSPS) is 10.2. The first-order valence-corrected chi connectivity index (χ1v) is 4.13. The van der Waals surface area contributed by atoms with Gasteiger partial charge in [-0.15, -0.1) is 11.6 Å². The summed E-state index contributed by atoms with van der Waals surface area (Å²) < 4.78 is 12.7. The molecule has 0 N–H and O–H groups in total.